The van der Waals surface area contributed by atoms with Gasteiger partial charge in [-0.25, -0.2) is 0 Å². The van der Waals surface area contributed by atoms with Gasteiger partial charge in [0.1, 0.15) is 18.1 Å². The zero-order valence-corrected chi connectivity index (χ0v) is 19.1. The van der Waals surface area contributed by atoms with Crippen molar-refractivity contribution in [2.24, 2.45) is 5.92 Å². The van der Waals surface area contributed by atoms with Gasteiger partial charge in [-0.1, -0.05) is 11.2 Å². The van der Waals surface area contributed by atoms with Crippen LogP contribution in [-0.4, -0.2) is 53.8 Å². The summed E-state index contributed by atoms with van der Waals surface area (Å²) in [7, 11) is 1.63. The van der Waals surface area contributed by atoms with Crippen LogP contribution in [0.4, 0.5) is 0 Å². The number of benzene rings is 1. The predicted molar refractivity (Wildman–Crippen MR) is 122 cm³/mol. The van der Waals surface area contributed by atoms with Crippen LogP contribution in [0, 0.1) is 5.92 Å². The molecular formula is C23H28N4O4S. The average molecular weight is 457 g/mol. The molecule has 1 atom stereocenters. The lowest BCUT2D eigenvalue weighted by molar-refractivity contribution is -0.127. The van der Waals surface area contributed by atoms with Crippen LogP contribution in [0.1, 0.15) is 25.7 Å². The third kappa shape index (κ3) is 5.86. The SMILES string of the molecule is COc1ccc(OCC(C)NC(=O)C2CCN(Cc3nc(-c4cccs4)no3)CC2)cc1. The molecule has 1 aliphatic rings. The van der Waals surface area contributed by atoms with Gasteiger partial charge in [0.2, 0.25) is 17.6 Å². The van der Waals surface area contributed by atoms with E-state index in [0.717, 1.165) is 42.3 Å². The van der Waals surface area contributed by atoms with Crippen molar-refractivity contribution in [3.05, 3.63) is 47.7 Å². The van der Waals surface area contributed by atoms with Gasteiger partial charge in [0.25, 0.3) is 0 Å². The molecule has 0 saturated carbocycles. The molecule has 3 aromatic rings. The second-order valence-corrected chi connectivity index (χ2v) is 8.88. The van der Waals surface area contributed by atoms with E-state index in [4.69, 9.17) is 14.0 Å². The summed E-state index contributed by atoms with van der Waals surface area (Å²) >= 11 is 1.59. The zero-order chi connectivity index (χ0) is 22.3. The van der Waals surface area contributed by atoms with Crippen molar-refractivity contribution in [1.29, 1.82) is 0 Å². The molecule has 4 rings (SSSR count). The number of hydrogen-bond acceptors (Lipinski definition) is 8. The first-order valence-electron chi connectivity index (χ1n) is 10.8. The molecule has 1 unspecified atom stereocenters. The fraction of sp³-hybridized carbons (Fsp3) is 0.435. The molecule has 9 heteroatoms. The highest BCUT2D eigenvalue weighted by molar-refractivity contribution is 7.13. The first-order chi connectivity index (χ1) is 15.6. The smallest absolute Gasteiger partial charge is 0.241 e. The van der Waals surface area contributed by atoms with Gasteiger partial charge in [0.05, 0.1) is 24.6 Å². The Morgan fingerprint density at radius 3 is 2.69 bits per heavy atom. The first-order valence-corrected chi connectivity index (χ1v) is 11.6. The number of rotatable bonds is 9. The molecule has 2 aromatic heterocycles. The topological polar surface area (TPSA) is 89.7 Å². The van der Waals surface area contributed by atoms with E-state index in [1.165, 1.54) is 0 Å². The number of nitrogens with zero attached hydrogens (tertiary/aromatic N) is 3. The molecule has 1 fully saturated rings. The number of aromatic nitrogens is 2. The van der Waals surface area contributed by atoms with E-state index in [0.29, 0.717) is 24.9 Å². The molecule has 0 aliphatic carbocycles. The van der Waals surface area contributed by atoms with Gasteiger partial charge in [-0.15, -0.1) is 11.3 Å². The molecule has 3 heterocycles. The fourth-order valence-electron chi connectivity index (χ4n) is 3.67. The number of amides is 1. The number of nitrogens with one attached hydrogen (secondary N) is 1. The van der Waals surface area contributed by atoms with Crippen LogP contribution in [-0.2, 0) is 11.3 Å². The molecule has 170 valence electrons. The second-order valence-electron chi connectivity index (χ2n) is 7.94. The van der Waals surface area contributed by atoms with Crippen LogP contribution < -0.4 is 14.8 Å². The number of carbonyl (C=O) groups excluding carboxylic acids is 1. The normalized spacial score (nSPS) is 15.9. The molecule has 0 bridgehead atoms. The highest BCUT2D eigenvalue weighted by atomic mass is 32.1. The molecule has 1 saturated heterocycles. The predicted octanol–water partition coefficient (Wildman–Crippen LogP) is 3.60. The van der Waals surface area contributed by atoms with Crippen molar-refractivity contribution in [1.82, 2.24) is 20.4 Å². The summed E-state index contributed by atoms with van der Waals surface area (Å²) in [6, 6.07) is 11.3. The van der Waals surface area contributed by atoms with Crippen LogP contribution in [0.2, 0.25) is 0 Å². The van der Waals surface area contributed by atoms with Gasteiger partial charge < -0.3 is 19.3 Å². The number of hydrogen-bond donors (Lipinski definition) is 1. The van der Waals surface area contributed by atoms with Crippen LogP contribution in [0.3, 0.4) is 0 Å². The first kappa shape index (κ1) is 22.3. The number of methoxy groups -OCH3 is 1. The summed E-state index contributed by atoms with van der Waals surface area (Å²) in [6.07, 6.45) is 1.62. The van der Waals surface area contributed by atoms with Gasteiger partial charge >= 0.3 is 0 Å². The maximum atomic E-state index is 12.7. The van der Waals surface area contributed by atoms with Crippen molar-refractivity contribution in [2.75, 3.05) is 26.8 Å². The Hall–Kier alpha value is -2.91. The fourth-order valence-corrected chi connectivity index (χ4v) is 4.31. The van der Waals surface area contributed by atoms with Crippen molar-refractivity contribution in [3.63, 3.8) is 0 Å². The molecule has 1 amide bonds. The summed E-state index contributed by atoms with van der Waals surface area (Å²) in [5.74, 6) is 2.89. The van der Waals surface area contributed by atoms with Crippen molar-refractivity contribution in [2.45, 2.75) is 32.4 Å². The van der Waals surface area contributed by atoms with Gasteiger partial charge in [-0.3, -0.25) is 9.69 Å². The molecule has 1 aliphatic heterocycles. The molecule has 1 aromatic carbocycles. The zero-order valence-electron chi connectivity index (χ0n) is 18.3. The minimum absolute atomic E-state index is 0.0130. The molecule has 0 radical (unpaired) electrons. The van der Waals surface area contributed by atoms with E-state index in [2.05, 4.69) is 20.4 Å². The molecule has 0 spiro atoms. The van der Waals surface area contributed by atoms with Gasteiger partial charge in [0.15, 0.2) is 0 Å². The Balaban J connectivity index is 1.17. The Bertz CT molecular complexity index is 982. The number of thiophene rings is 1. The molecule has 32 heavy (non-hydrogen) atoms. The lowest BCUT2D eigenvalue weighted by Gasteiger charge is -2.30. The number of piperidine rings is 1. The van der Waals surface area contributed by atoms with Gasteiger partial charge in [-0.2, -0.15) is 4.98 Å². The van der Waals surface area contributed by atoms with E-state index in [9.17, 15) is 4.79 Å². The van der Waals surface area contributed by atoms with E-state index < -0.39 is 0 Å². The van der Waals surface area contributed by atoms with E-state index >= 15 is 0 Å². The van der Waals surface area contributed by atoms with Crippen molar-refractivity contribution >= 4 is 17.2 Å². The van der Waals surface area contributed by atoms with Gasteiger partial charge in [-0.05, 0) is 68.6 Å². The van der Waals surface area contributed by atoms with Crippen molar-refractivity contribution < 1.29 is 18.8 Å². The van der Waals surface area contributed by atoms with Crippen LogP contribution >= 0.6 is 11.3 Å². The lowest BCUT2D eigenvalue weighted by atomic mass is 9.95. The summed E-state index contributed by atoms with van der Waals surface area (Å²) < 4.78 is 16.3. The largest absolute Gasteiger partial charge is 0.497 e. The maximum absolute atomic E-state index is 12.7. The monoisotopic (exact) mass is 456 g/mol. The van der Waals surface area contributed by atoms with Crippen LogP contribution in [0.25, 0.3) is 10.7 Å². The second kappa shape index (κ2) is 10.6. The quantitative estimate of drug-likeness (QED) is 0.526. The minimum atomic E-state index is -0.0725. The maximum Gasteiger partial charge on any atom is 0.241 e. The third-order valence-corrected chi connectivity index (χ3v) is 6.34. The van der Waals surface area contributed by atoms with E-state index in [1.54, 1.807) is 18.4 Å². The van der Waals surface area contributed by atoms with E-state index in [-0.39, 0.29) is 17.9 Å². The number of ether oxygens (including phenoxy) is 2. The number of carbonyl (C=O) groups is 1. The van der Waals surface area contributed by atoms with Crippen LogP contribution in [0.15, 0.2) is 46.3 Å². The molecule has 8 nitrogen and oxygen atoms in total. The molecular weight excluding hydrogens is 428 g/mol. The van der Waals surface area contributed by atoms with Crippen LogP contribution in [0.5, 0.6) is 11.5 Å². The third-order valence-electron chi connectivity index (χ3n) is 5.47. The summed E-state index contributed by atoms with van der Waals surface area (Å²) in [6.45, 7) is 4.63. The molecule has 1 N–H and O–H groups in total. The summed E-state index contributed by atoms with van der Waals surface area (Å²) in [4.78, 5) is 20.4. The Morgan fingerprint density at radius 2 is 2.00 bits per heavy atom. The Kier molecular flexibility index (Phi) is 7.39. The highest BCUT2D eigenvalue weighted by Crippen LogP contribution is 2.23. The van der Waals surface area contributed by atoms with E-state index in [1.807, 2.05) is 48.7 Å². The minimum Gasteiger partial charge on any atom is -0.497 e. The highest BCUT2D eigenvalue weighted by Gasteiger charge is 2.27. The Labute approximate surface area is 191 Å². The summed E-state index contributed by atoms with van der Waals surface area (Å²) in [5.41, 5.74) is 0. The standard InChI is InChI=1S/C23H28N4O4S/c1-16(15-30-19-7-5-18(29-2)6-8-19)24-23(28)17-9-11-27(12-10-17)14-21-25-22(26-31-21)20-4-3-13-32-20/h3-8,13,16-17H,9-12,14-15H2,1-2H3,(H,24,28). The van der Waals surface area contributed by atoms with Gasteiger partial charge in [0, 0.05) is 5.92 Å². The Morgan fingerprint density at radius 1 is 1.25 bits per heavy atom. The average Bonchev–Trinajstić information content (AvgIpc) is 3.51. The summed E-state index contributed by atoms with van der Waals surface area (Å²) in [5, 5.41) is 9.14. The number of likely N-dealkylation sites (tertiary alicyclic amines) is 1. The lowest BCUT2D eigenvalue weighted by Crippen LogP contribution is -2.44. The van der Waals surface area contributed by atoms with Crippen molar-refractivity contribution in [3.8, 4) is 22.2 Å².